The molecule has 3 aromatic heterocycles. The average molecular weight is 413 g/mol. The van der Waals surface area contributed by atoms with Crippen LogP contribution in [-0.2, 0) is 11.3 Å². The number of ether oxygens (including phenoxy) is 1. The average Bonchev–Trinajstić information content (AvgIpc) is 3.47. The molecule has 3 heterocycles. The maximum absolute atomic E-state index is 11.5. The van der Waals surface area contributed by atoms with Gasteiger partial charge in [-0.05, 0) is 66.1 Å². The normalized spacial score (nSPS) is 10.5. The number of nitrogens with one attached hydrogen (secondary N) is 2. The van der Waals surface area contributed by atoms with Crippen LogP contribution in [0.2, 0.25) is 0 Å². The second-order valence-electron chi connectivity index (χ2n) is 6.85. The maximum Gasteiger partial charge on any atom is 0.373 e. The number of aryl methyl sites for hydroxylation is 1. The van der Waals surface area contributed by atoms with Crippen LogP contribution in [0.4, 0.5) is 5.82 Å². The summed E-state index contributed by atoms with van der Waals surface area (Å²) in [6.45, 7) is 2.43. The molecule has 31 heavy (non-hydrogen) atoms. The van der Waals surface area contributed by atoms with E-state index in [0.717, 1.165) is 22.4 Å². The molecule has 8 heteroatoms. The fourth-order valence-electron chi connectivity index (χ4n) is 3.21. The first-order valence-electron chi connectivity index (χ1n) is 9.51. The number of benzene rings is 1. The maximum atomic E-state index is 11.5. The molecule has 0 amide bonds. The SMILES string of the molecule is COC(=O)c1ccc(-c2cc(CNc3cc(-c4ccc(C#N)cc4C)ccn3)n[nH]2)o1. The van der Waals surface area contributed by atoms with E-state index in [4.69, 9.17) is 9.68 Å². The molecule has 8 nitrogen and oxygen atoms in total. The van der Waals surface area contributed by atoms with Crippen molar-refractivity contribution in [2.45, 2.75) is 13.5 Å². The van der Waals surface area contributed by atoms with E-state index in [9.17, 15) is 4.79 Å². The van der Waals surface area contributed by atoms with Gasteiger partial charge < -0.3 is 14.5 Å². The topological polar surface area (TPSA) is 117 Å². The molecule has 1 aromatic carbocycles. The van der Waals surface area contributed by atoms with Crippen molar-refractivity contribution in [1.29, 1.82) is 5.26 Å². The first-order chi connectivity index (χ1) is 15.1. The molecule has 0 unspecified atom stereocenters. The Bertz CT molecular complexity index is 1280. The number of hydrogen-bond acceptors (Lipinski definition) is 7. The van der Waals surface area contributed by atoms with Gasteiger partial charge in [0.1, 0.15) is 11.5 Å². The predicted octanol–water partition coefficient (Wildman–Crippen LogP) is 4.31. The third kappa shape index (κ3) is 4.31. The van der Waals surface area contributed by atoms with E-state index in [2.05, 4.69) is 31.3 Å². The number of pyridine rings is 1. The summed E-state index contributed by atoms with van der Waals surface area (Å²) in [7, 11) is 1.30. The molecule has 0 fully saturated rings. The summed E-state index contributed by atoms with van der Waals surface area (Å²) in [6.07, 6.45) is 1.74. The van der Waals surface area contributed by atoms with Gasteiger partial charge >= 0.3 is 5.97 Å². The van der Waals surface area contributed by atoms with Gasteiger partial charge in [-0.3, -0.25) is 5.10 Å². The van der Waals surface area contributed by atoms with Crippen molar-refractivity contribution in [2.24, 2.45) is 0 Å². The third-order valence-electron chi connectivity index (χ3n) is 4.77. The highest BCUT2D eigenvalue weighted by atomic mass is 16.5. The minimum absolute atomic E-state index is 0.130. The van der Waals surface area contributed by atoms with Crippen LogP contribution in [0.15, 0.2) is 59.1 Å². The van der Waals surface area contributed by atoms with Crippen LogP contribution in [0, 0.1) is 18.3 Å². The van der Waals surface area contributed by atoms with E-state index >= 15 is 0 Å². The van der Waals surface area contributed by atoms with E-state index in [0.29, 0.717) is 29.4 Å². The number of aromatic nitrogens is 3. The monoisotopic (exact) mass is 413 g/mol. The first kappa shape index (κ1) is 19.9. The Labute approximate surface area is 178 Å². The summed E-state index contributed by atoms with van der Waals surface area (Å²) >= 11 is 0. The minimum atomic E-state index is -0.531. The predicted molar refractivity (Wildman–Crippen MR) is 114 cm³/mol. The Balaban J connectivity index is 1.46. The lowest BCUT2D eigenvalue weighted by molar-refractivity contribution is 0.0566. The smallest absolute Gasteiger partial charge is 0.373 e. The number of H-pyrrole nitrogens is 1. The Morgan fingerprint density at radius 1 is 1.23 bits per heavy atom. The number of nitriles is 1. The van der Waals surface area contributed by atoms with Gasteiger partial charge in [0.15, 0.2) is 5.76 Å². The molecule has 0 atom stereocenters. The summed E-state index contributed by atoms with van der Waals surface area (Å²) in [5.74, 6) is 0.800. The van der Waals surface area contributed by atoms with Crippen molar-refractivity contribution < 1.29 is 13.9 Å². The van der Waals surface area contributed by atoms with E-state index in [1.54, 1.807) is 24.4 Å². The van der Waals surface area contributed by atoms with Crippen molar-refractivity contribution in [3.05, 3.63) is 77.3 Å². The lowest BCUT2D eigenvalue weighted by Gasteiger charge is -2.09. The molecule has 0 aliphatic heterocycles. The molecule has 4 rings (SSSR count). The molecular formula is C23H19N5O3. The summed E-state index contributed by atoms with van der Waals surface area (Å²) in [4.78, 5) is 15.9. The number of rotatable bonds is 6. The number of esters is 1. The molecule has 0 saturated carbocycles. The molecular weight excluding hydrogens is 394 g/mol. The summed E-state index contributed by atoms with van der Waals surface area (Å²) in [5.41, 5.74) is 5.13. The van der Waals surface area contributed by atoms with Crippen molar-refractivity contribution >= 4 is 11.8 Å². The van der Waals surface area contributed by atoms with Gasteiger partial charge in [0, 0.05) is 6.20 Å². The largest absolute Gasteiger partial charge is 0.463 e. The molecule has 154 valence electrons. The van der Waals surface area contributed by atoms with Crippen LogP contribution in [0.25, 0.3) is 22.6 Å². The Kier molecular flexibility index (Phi) is 5.49. The minimum Gasteiger partial charge on any atom is -0.463 e. The lowest BCUT2D eigenvalue weighted by Crippen LogP contribution is -2.01. The number of carbonyl (C=O) groups is 1. The fraction of sp³-hybridized carbons (Fsp3) is 0.130. The summed E-state index contributed by atoms with van der Waals surface area (Å²) in [6, 6.07) is 16.7. The van der Waals surface area contributed by atoms with Gasteiger partial charge in [-0.15, -0.1) is 0 Å². The van der Waals surface area contributed by atoms with Crippen molar-refractivity contribution in [3.63, 3.8) is 0 Å². The number of hydrogen-bond donors (Lipinski definition) is 2. The molecule has 0 radical (unpaired) electrons. The van der Waals surface area contributed by atoms with Gasteiger partial charge in [-0.2, -0.15) is 10.4 Å². The van der Waals surface area contributed by atoms with Gasteiger partial charge in [-0.25, -0.2) is 9.78 Å². The van der Waals surface area contributed by atoms with Gasteiger partial charge in [0.05, 0.1) is 31.0 Å². The number of furan rings is 1. The molecule has 2 N–H and O–H groups in total. The highest BCUT2D eigenvalue weighted by Gasteiger charge is 2.14. The van der Waals surface area contributed by atoms with Gasteiger partial charge in [0.25, 0.3) is 0 Å². The second-order valence-corrected chi connectivity index (χ2v) is 6.85. The quantitative estimate of drug-likeness (QED) is 0.452. The number of aromatic amines is 1. The van der Waals surface area contributed by atoms with E-state index < -0.39 is 5.97 Å². The molecule has 0 aliphatic rings. The van der Waals surface area contributed by atoms with Gasteiger partial charge in [-0.1, -0.05) is 6.07 Å². The summed E-state index contributed by atoms with van der Waals surface area (Å²) < 4.78 is 10.1. The van der Waals surface area contributed by atoms with Crippen molar-refractivity contribution in [3.8, 4) is 28.7 Å². The van der Waals surface area contributed by atoms with Crippen LogP contribution in [-0.4, -0.2) is 28.3 Å². The zero-order valence-electron chi connectivity index (χ0n) is 17.0. The number of carbonyl (C=O) groups excluding carboxylic acids is 1. The Hall–Kier alpha value is -4.38. The first-order valence-corrected chi connectivity index (χ1v) is 9.51. The van der Waals surface area contributed by atoms with Crippen LogP contribution >= 0.6 is 0 Å². The van der Waals surface area contributed by atoms with E-state index in [1.165, 1.54) is 7.11 Å². The van der Waals surface area contributed by atoms with Gasteiger partial charge in [0.2, 0.25) is 5.76 Å². The van der Waals surface area contributed by atoms with E-state index in [-0.39, 0.29) is 5.76 Å². The van der Waals surface area contributed by atoms with Crippen LogP contribution in [0.1, 0.15) is 27.4 Å². The zero-order chi connectivity index (χ0) is 21.8. The fourth-order valence-corrected chi connectivity index (χ4v) is 3.21. The number of anilines is 1. The van der Waals surface area contributed by atoms with Crippen molar-refractivity contribution in [1.82, 2.24) is 15.2 Å². The van der Waals surface area contributed by atoms with Crippen LogP contribution < -0.4 is 5.32 Å². The highest BCUT2D eigenvalue weighted by molar-refractivity contribution is 5.86. The number of nitrogens with zero attached hydrogens (tertiary/aromatic N) is 3. The molecule has 0 aliphatic carbocycles. The molecule has 4 aromatic rings. The summed E-state index contributed by atoms with van der Waals surface area (Å²) in [5, 5.41) is 19.5. The Morgan fingerprint density at radius 2 is 2.10 bits per heavy atom. The number of methoxy groups -OCH3 is 1. The van der Waals surface area contributed by atoms with Crippen molar-refractivity contribution in [2.75, 3.05) is 12.4 Å². The Morgan fingerprint density at radius 3 is 2.87 bits per heavy atom. The standard InChI is InChI=1S/C23H19N5O3/c1-14-9-15(12-24)3-4-18(14)16-7-8-25-22(10-16)26-13-17-11-19(28-27-17)20-5-6-21(31-20)23(29)30-2/h3-11H,13H2,1-2H3,(H,25,26)(H,27,28). The molecule has 0 spiro atoms. The van der Waals surface area contributed by atoms with Crippen LogP contribution in [0.5, 0.6) is 0 Å². The second kappa shape index (κ2) is 8.55. The molecule has 0 saturated heterocycles. The van der Waals surface area contributed by atoms with E-state index in [1.807, 2.05) is 37.3 Å². The highest BCUT2D eigenvalue weighted by Crippen LogP contribution is 2.26. The lowest BCUT2D eigenvalue weighted by atomic mass is 9.99. The molecule has 0 bridgehead atoms. The van der Waals surface area contributed by atoms with Crippen LogP contribution in [0.3, 0.4) is 0 Å². The third-order valence-corrected chi connectivity index (χ3v) is 4.77. The zero-order valence-corrected chi connectivity index (χ0v) is 17.0.